The molecule has 1 aliphatic heterocycles. The maximum atomic E-state index is 10.5. The van der Waals surface area contributed by atoms with Gasteiger partial charge >= 0.3 is 23.9 Å². The fourth-order valence-corrected chi connectivity index (χ4v) is 1.80. The van der Waals surface area contributed by atoms with Gasteiger partial charge in [-0.2, -0.15) is 0 Å². The zero-order valence-corrected chi connectivity index (χ0v) is 12.0. The lowest BCUT2D eigenvalue weighted by Gasteiger charge is -2.27. The number of carboxylic acid groups (broad SMARTS) is 4. The first-order valence-corrected chi connectivity index (χ1v) is 6.45. The molecule has 6 N–H and O–H groups in total. The van der Waals surface area contributed by atoms with Gasteiger partial charge in [0.1, 0.15) is 12.1 Å². The van der Waals surface area contributed by atoms with Crippen molar-refractivity contribution in [1.82, 2.24) is 20.6 Å². The molecule has 12 heteroatoms. The number of aromatic nitrogens is 2. The Balaban J connectivity index is 0.000000240. The minimum atomic E-state index is -1.40. The summed E-state index contributed by atoms with van der Waals surface area (Å²) in [4.78, 5) is 48.4. The van der Waals surface area contributed by atoms with Gasteiger partial charge in [0.25, 0.3) is 0 Å². The van der Waals surface area contributed by atoms with Crippen LogP contribution < -0.4 is 10.6 Å². The van der Waals surface area contributed by atoms with E-state index in [-0.39, 0.29) is 0 Å². The molecule has 2 unspecified atom stereocenters. The molecule has 0 aromatic carbocycles. The number of aliphatic carboxylic acids is 2. The minimum absolute atomic E-state index is 0.473. The van der Waals surface area contributed by atoms with Crippen molar-refractivity contribution in [2.24, 2.45) is 0 Å². The van der Waals surface area contributed by atoms with Crippen molar-refractivity contribution >= 4 is 23.9 Å². The number of aromatic carboxylic acids is 2. The third-order valence-electron chi connectivity index (χ3n) is 2.82. The van der Waals surface area contributed by atoms with E-state index in [0.29, 0.717) is 13.1 Å². The Morgan fingerprint density at radius 3 is 1.38 bits per heavy atom. The Hall–Kier alpha value is -3.12. The van der Waals surface area contributed by atoms with E-state index in [9.17, 15) is 19.2 Å². The second kappa shape index (κ2) is 8.50. The van der Waals surface area contributed by atoms with E-state index in [4.69, 9.17) is 20.4 Å². The van der Waals surface area contributed by atoms with Crippen LogP contribution in [0.1, 0.15) is 21.0 Å². The molecule has 24 heavy (non-hydrogen) atoms. The molecule has 1 saturated heterocycles. The van der Waals surface area contributed by atoms with Crippen LogP contribution in [0.4, 0.5) is 0 Å². The summed E-state index contributed by atoms with van der Waals surface area (Å²) in [5.41, 5.74) is -1.10. The monoisotopic (exact) mass is 342 g/mol. The van der Waals surface area contributed by atoms with Gasteiger partial charge in [-0.15, -0.1) is 0 Å². The predicted molar refractivity (Wildman–Crippen MR) is 74.8 cm³/mol. The third kappa shape index (κ3) is 4.96. The maximum absolute atomic E-state index is 10.5. The van der Waals surface area contributed by atoms with Crippen molar-refractivity contribution in [1.29, 1.82) is 0 Å². The van der Waals surface area contributed by atoms with Gasteiger partial charge in [-0.25, -0.2) is 19.6 Å². The number of carbonyl (C=O) groups is 4. The zero-order chi connectivity index (χ0) is 18.3. The fourth-order valence-electron chi connectivity index (χ4n) is 1.80. The van der Waals surface area contributed by atoms with Crippen LogP contribution in [0.3, 0.4) is 0 Å². The quantitative estimate of drug-likeness (QED) is 0.351. The minimum Gasteiger partial charge on any atom is -0.480 e. The average molecular weight is 342 g/mol. The Kier molecular flexibility index (Phi) is 6.70. The summed E-state index contributed by atoms with van der Waals surface area (Å²) < 4.78 is 0. The topological polar surface area (TPSA) is 199 Å². The van der Waals surface area contributed by atoms with Gasteiger partial charge in [-0.05, 0) is 0 Å². The molecule has 1 aliphatic rings. The van der Waals surface area contributed by atoms with Crippen LogP contribution >= 0.6 is 0 Å². The number of rotatable bonds is 4. The number of nitrogens with one attached hydrogen (secondary N) is 2. The average Bonchev–Trinajstić information content (AvgIpc) is 2.55. The summed E-state index contributed by atoms with van der Waals surface area (Å²) in [7, 11) is 0. The van der Waals surface area contributed by atoms with Gasteiger partial charge in [-0.3, -0.25) is 9.59 Å². The number of hydrogen-bond acceptors (Lipinski definition) is 8. The van der Waals surface area contributed by atoms with Crippen molar-refractivity contribution in [2.45, 2.75) is 12.1 Å². The zero-order valence-electron chi connectivity index (χ0n) is 12.0. The lowest BCUT2D eigenvalue weighted by Crippen LogP contribution is -2.62. The summed E-state index contributed by atoms with van der Waals surface area (Å²) in [5.74, 6) is -5.09. The summed E-state index contributed by atoms with van der Waals surface area (Å²) >= 11 is 0. The highest BCUT2D eigenvalue weighted by molar-refractivity contribution is 5.98. The van der Waals surface area contributed by atoms with Crippen LogP contribution in [0, 0.1) is 0 Å². The highest BCUT2D eigenvalue weighted by atomic mass is 16.4. The normalized spacial score (nSPS) is 19.5. The molecule has 1 fully saturated rings. The van der Waals surface area contributed by atoms with Crippen LogP contribution in [-0.4, -0.2) is 79.4 Å². The molecule has 0 spiro atoms. The van der Waals surface area contributed by atoms with Crippen LogP contribution in [-0.2, 0) is 9.59 Å². The fraction of sp³-hybridized carbons (Fsp3) is 0.333. The van der Waals surface area contributed by atoms with Gasteiger partial charge in [0.2, 0.25) is 0 Å². The molecule has 0 amide bonds. The molecule has 12 nitrogen and oxygen atoms in total. The van der Waals surface area contributed by atoms with Gasteiger partial charge in [-0.1, -0.05) is 0 Å². The molecule has 1 aromatic heterocycles. The van der Waals surface area contributed by atoms with Gasteiger partial charge < -0.3 is 31.1 Å². The number of piperazine rings is 1. The largest absolute Gasteiger partial charge is 0.480 e. The Labute approximate surface area is 134 Å². The number of nitrogens with zero attached hydrogens (tertiary/aromatic N) is 2. The molecule has 1 aromatic rings. The Morgan fingerprint density at radius 1 is 0.792 bits per heavy atom. The molecule has 0 bridgehead atoms. The van der Waals surface area contributed by atoms with Crippen molar-refractivity contribution < 1.29 is 39.6 Å². The van der Waals surface area contributed by atoms with Crippen molar-refractivity contribution in [3.05, 3.63) is 23.8 Å². The number of carboxylic acids is 4. The lowest BCUT2D eigenvalue weighted by molar-refractivity contribution is -0.149. The van der Waals surface area contributed by atoms with E-state index in [1.54, 1.807) is 0 Å². The molecule has 2 rings (SSSR count). The van der Waals surface area contributed by atoms with E-state index in [1.165, 1.54) is 0 Å². The van der Waals surface area contributed by atoms with Crippen LogP contribution in [0.5, 0.6) is 0 Å². The highest BCUT2D eigenvalue weighted by Crippen LogP contribution is 2.00. The summed E-state index contributed by atoms with van der Waals surface area (Å²) in [6.07, 6.45) is 2.24. The first kappa shape index (κ1) is 18.9. The lowest BCUT2D eigenvalue weighted by atomic mass is 10.1. The van der Waals surface area contributed by atoms with Crippen LogP contribution in [0.2, 0.25) is 0 Å². The van der Waals surface area contributed by atoms with Gasteiger partial charge in [0.05, 0.1) is 0 Å². The molecule has 0 aliphatic carbocycles. The van der Waals surface area contributed by atoms with E-state index in [2.05, 4.69) is 20.6 Å². The molecular weight excluding hydrogens is 328 g/mol. The van der Waals surface area contributed by atoms with Gasteiger partial charge in [0, 0.05) is 25.5 Å². The predicted octanol–water partition coefficient (Wildman–Crippen LogP) is -2.04. The van der Waals surface area contributed by atoms with Crippen LogP contribution in [0.25, 0.3) is 0 Å². The summed E-state index contributed by atoms with van der Waals surface area (Å²) in [5, 5.41) is 39.3. The first-order valence-electron chi connectivity index (χ1n) is 6.45. The van der Waals surface area contributed by atoms with Crippen LogP contribution in [0.15, 0.2) is 12.4 Å². The second-order valence-corrected chi connectivity index (χ2v) is 4.40. The third-order valence-corrected chi connectivity index (χ3v) is 2.82. The van der Waals surface area contributed by atoms with E-state index < -0.39 is 47.3 Å². The molecule has 0 saturated carbocycles. The second-order valence-electron chi connectivity index (χ2n) is 4.40. The number of hydrogen-bond donors (Lipinski definition) is 6. The Bertz CT molecular complexity index is 595. The summed E-state index contributed by atoms with van der Waals surface area (Å²) in [6.45, 7) is 0.946. The Morgan fingerprint density at radius 2 is 1.12 bits per heavy atom. The van der Waals surface area contributed by atoms with Crippen molar-refractivity contribution in [2.75, 3.05) is 13.1 Å². The van der Waals surface area contributed by atoms with Crippen molar-refractivity contribution in [3.8, 4) is 0 Å². The smallest absolute Gasteiger partial charge is 0.357 e. The first-order chi connectivity index (χ1) is 11.3. The molecule has 130 valence electrons. The van der Waals surface area contributed by atoms with E-state index in [1.807, 2.05) is 0 Å². The van der Waals surface area contributed by atoms with E-state index in [0.717, 1.165) is 12.4 Å². The molecular formula is C12H14N4O8. The molecule has 0 radical (unpaired) electrons. The summed E-state index contributed by atoms with van der Waals surface area (Å²) in [6, 6.07) is -2.06. The molecule has 2 heterocycles. The standard InChI is InChI=1S/C6H10N2O4.C6H4N2O4/c2*9-5(10)3-4(6(11)12)8-2-1-7-3/h3-4,7-8H,1-2H2,(H,9,10)(H,11,12);1-2H,(H,9,10)(H,11,12). The molecule has 2 atom stereocenters. The SMILES string of the molecule is O=C(O)C1NCCNC1C(=O)O.O=C(O)c1nccnc1C(=O)O. The van der Waals surface area contributed by atoms with E-state index >= 15 is 0 Å². The van der Waals surface area contributed by atoms with Crippen molar-refractivity contribution in [3.63, 3.8) is 0 Å². The highest BCUT2D eigenvalue weighted by Gasteiger charge is 2.35. The van der Waals surface area contributed by atoms with Gasteiger partial charge in [0.15, 0.2) is 11.4 Å². The maximum Gasteiger partial charge on any atom is 0.357 e.